The molecule has 82 valence electrons. The van der Waals surface area contributed by atoms with Gasteiger partial charge in [0.25, 0.3) is 0 Å². The van der Waals surface area contributed by atoms with E-state index in [1.807, 2.05) is 0 Å². The molecule has 0 heterocycles. The Morgan fingerprint density at radius 3 is 2.29 bits per heavy atom. The van der Waals surface area contributed by atoms with E-state index in [0.29, 0.717) is 0 Å². The Morgan fingerprint density at radius 1 is 1.50 bits per heavy atom. The summed E-state index contributed by atoms with van der Waals surface area (Å²) < 4.78 is 8.96. The van der Waals surface area contributed by atoms with E-state index in [-0.39, 0.29) is 12.0 Å². The van der Waals surface area contributed by atoms with Gasteiger partial charge in [0.05, 0.1) is 0 Å². The van der Waals surface area contributed by atoms with Crippen LogP contribution >= 0.6 is 0 Å². The Labute approximate surface area is 82.9 Å². The maximum atomic E-state index is 11.0. The zero-order valence-corrected chi connectivity index (χ0v) is 9.06. The summed E-state index contributed by atoms with van der Waals surface area (Å²) in [6.07, 6.45) is -0.985. The number of carbonyl (C=O) groups excluding carboxylic acids is 1. The first kappa shape index (κ1) is 13.3. The molecule has 0 fully saturated rings. The molecule has 0 aliphatic rings. The lowest BCUT2D eigenvalue weighted by molar-refractivity contribution is -0.168. The molecule has 0 spiro atoms. The van der Waals surface area contributed by atoms with Crippen LogP contribution < -0.4 is 0 Å². The second-order valence-electron chi connectivity index (χ2n) is 2.72. The Bertz CT molecular complexity index is 221. The van der Waals surface area contributed by atoms with Crippen molar-refractivity contribution in [3.8, 4) is 0 Å². The summed E-state index contributed by atoms with van der Waals surface area (Å²) in [6, 6.07) is 0. The first-order valence-corrected chi connectivity index (χ1v) is 5.72. The zero-order chi connectivity index (χ0) is 11.4. The zero-order valence-electron chi connectivity index (χ0n) is 8.06. The first-order valence-electron chi connectivity index (χ1n) is 3.97. The normalized spacial score (nSPS) is 13.5. The average Bonchev–Trinajstić information content (AvgIpc) is 2.00. The van der Waals surface area contributed by atoms with Gasteiger partial charge in [0.1, 0.15) is 0 Å². The van der Waals surface area contributed by atoms with Crippen molar-refractivity contribution in [1.29, 1.82) is 0 Å². The van der Waals surface area contributed by atoms with Gasteiger partial charge in [0.2, 0.25) is 0 Å². The maximum Gasteiger partial charge on any atom is 0.674 e. The minimum absolute atomic E-state index is 0.160. The second-order valence-corrected chi connectivity index (χ2v) is 4.10. The number of esters is 1. The van der Waals surface area contributed by atoms with Crippen molar-refractivity contribution in [2.75, 3.05) is 0 Å². The SMILES string of the molecule is C=C(C)C(=O)OC(CC)O[Si](O)(O)O. The molecule has 0 aliphatic carbocycles. The minimum Gasteiger partial charge on any atom is -0.433 e. The van der Waals surface area contributed by atoms with E-state index in [2.05, 4.69) is 15.7 Å². The topological polar surface area (TPSA) is 96.2 Å². The molecule has 0 saturated heterocycles. The molecule has 0 bridgehead atoms. The molecule has 3 N–H and O–H groups in total. The van der Waals surface area contributed by atoms with Crippen molar-refractivity contribution < 1.29 is 28.3 Å². The van der Waals surface area contributed by atoms with Crippen LogP contribution in [0.3, 0.4) is 0 Å². The fraction of sp³-hybridized carbons (Fsp3) is 0.571. The third kappa shape index (κ3) is 5.83. The van der Waals surface area contributed by atoms with Crippen LogP contribution in [-0.4, -0.2) is 35.7 Å². The van der Waals surface area contributed by atoms with Gasteiger partial charge < -0.3 is 23.5 Å². The fourth-order valence-electron chi connectivity index (χ4n) is 0.587. The van der Waals surface area contributed by atoms with Gasteiger partial charge >= 0.3 is 15.0 Å². The maximum absolute atomic E-state index is 11.0. The molecular weight excluding hydrogens is 208 g/mol. The van der Waals surface area contributed by atoms with E-state index in [0.717, 1.165) is 0 Å². The average molecular weight is 222 g/mol. The Morgan fingerprint density at radius 2 is 2.00 bits per heavy atom. The van der Waals surface area contributed by atoms with E-state index < -0.39 is 21.3 Å². The highest BCUT2D eigenvalue weighted by atomic mass is 28.4. The summed E-state index contributed by atoms with van der Waals surface area (Å²) in [5, 5.41) is 0. The quantitative estimate of drug-likeness (QED) is 0.246. The lowest BCUT2D eigenvalue weighted by Crippen LogP contribution is -2.43. The van der Waals surface area contributed by atoms with Crippen molar-refractivity contribution in [3.63, 3.8) is 0 Å². The van der Waals surface area contributed by atoms with Crippen LogP contribution in [0.4, 0.5) is 0 Å². The Hall–Kier alpha value is -0.733. The van der Waals surface area contributed by atoms with Gasteiger partial charge in [-0.05, 0) is 6.92 Å². The van der Waals surface area contributed by atoms with E-state index in [1.165, 1.54) is 6.92 Å². The summed E-state index contributed by atoms with van der Waals surface area (Å²) in [4.78, 5) is 36.7. The van der Waals surface area contributed by atoms with Gasteiger partial charge in [0.15, 0.2) is 6.29 Å². The second kappa shape index (κ2) is 5.22. The van der Waals surface area contributed by atoms with Crippen molar-refractivity contribution >= 4 is 15.0 Å². The molecule has 7 heteroatoms. The number of hydrogen-bond donors (Lipinski definition) is 3. The van der Waals surface area contributed by atoms with E-state index in [4.69, 9.17) is 14.4 Å². The predicted molar refractivity (Wildman–Crippen MR) is 48.5 cm³/mol. The molecule has 1 atom stereocenters. The molecule has 0 amide bonds. The smallest absolute Gasteiger partial charge is 0.433 e. The third-order valence-corrected chi connectivity index (χ3v) is 1.79. The number of hydrogen-bond acceptors (Lipinski definition) is 6. The highest BCUT2D eigenvalue weighted by molar-refractivity contribution is 6.48. The number of carbonyl (C=O) groups is 1. The van der Waals surface area contributed by atoms with Gasteiger partial charge in [-0.2, -0.15) is 0 Å². The Kier molecular flexibility index (Phi) is 4.95. The summed E-state index contributed by atoms with van der Waals surface area (Å²) in [5.74, 6) is -0.713. The summed E-state index contributed by atoms with van der Waals surface area (Å²) in [6.45, 7) is 6.37. The molecule has 1 unspecified atom stereocenters. The first-order chi connectivity index (χ1) is 6.26. The van der Waals surface area contributed by atoms with Crippen LogP contribution in [0.2, 0.25) is 0 Å². The molecule has 0 aliphatic heterocycles. The molecule has 14 heavy (non-hydrogen) atoms. The molecule has 0 radical (unpaired) electrons. The summed E-state index contributed by atoms with van der Waals surface area (Å²) in [5.41, 5.74) is 0.160. The third-order valence-electron chi connectivity index (χ3n) is 1.21. The van der Waals surface area contributed by atoms with E-state index in [1.54, 1.807) is 6.92 Å². The van der Waals surface area contributed by atoms with Gasteiger partial charge in [-0.15, -0.1) is 0 Å². The van der Waals surface area contributed by atoms with Gasteiger partial charge in [-0.25, -0.2) is 4.79 Å². The van der Waals surface area contributed by atoms with Gasteiger partial charge in [0, 0.05) is 12.0 Å². The fourth-order valence-corrected chi connectivity index (χ4v) is 1.15. The predicted octanol–water partition coefficient (Wildman–Crippen LogP) is -0.729. The van der Waals surface area contributed by atoms with Crippen LogP contribution in [0.1, 0.15) is 20.3 Å². The highest BCUT2D eigenvalue weighted by Gasteiger charge is 2.35. The summed E-state index contributed by atoms with van der Waals surface area (Å²) in [7, 11) is -4.65. The van der Waals surface area contributed by atoms with Crippen LogP contribution in [0.5, 0.6) is 0 Å². The highest BCUT2D eigenvalue weighted by Crippen LogP contribution is 2.07. The molecule has 6 nitrogen and oxygen atoms in total. The van der Waals surface area contributed by atoms with Crippen molar-refractivity contribution in [3.05, 3.63) is 12.2 Å². The lowest BCUT2D eigenvalue weighted by atomic mass is 10.3. The standard InChI is InChI=1S/C7H14O6Si/c1-4-6(13-14(9,10)11)12-7(8)5(2)3/h6,9-11H,2,4H2,1,3H3. The molecule has 0 saturated carbocycles. The van der Waals surface area contributed by atoms with Crippen LogP contribution in [-0.2, 0) is 14.0 Å². The van der Waals surface area contributed by atoms with E-state index in [9.17, 15) is 4.79 Å². The van der Waals surface area contributed by atoms with Crippen LogP contribution in [0, 0.1) is 0 Å². The molecule has 0 aromatic rings. The van der Waals surface area contributed by atoms with Crippen LogP contribution in [0.25, 0.3) is 0 Å². The molecule has 0 rings (SSSR count). The largest absolute Gasteiger partial charge is 0.674 e. The monoisotopic (exact) mass is 222 g/mol. The van der Waals surface area contributed by atoms with E-state index >= 15 is 0 Å². The van der Waals surface area contributed by atoms with Crippen molar-refractivity contribution in [1.82, 2.24) is 0 Å². The number of ether oxygens (including phenoxy) is 1. The van der Waals surface area contributed by atoms with Gasteiger partial charge in [-0.3, -0.25) is 0 Å². The number of rotatable bonds is 5. The molecular formula is C7H14O6Si. The molecule has 0 aromatic heterocycles. The van der Waals surface area contributed by atoms with Crippen LogP contribution in [0.15, 0.2) is 12.2 Å². The van der Waals surface area contributed by atoms with Gasteiger partial charge in [-0.1, -0.05) is 13.5 Å². The van der Waals surface area contributed by atoms with Crippen molar-refractivity contribution in [2.45, 2.75) is 26.6 Å². The lowest BCUT2D eigenvalue weighted by Gasteiger charge is -2.19. The van der Waals surface area contributed by atoms with Crippen molar-refractivity contribution in [2.24, 2.45) is 0 Å². The molecule has 0 aromatic carbocycles. The minimum atomic E-state index is -4.65. The summed E-state index contributed by atoms with van der Waals surface area (Å²) >= 11 is 0. The Balaban J connectivity index is 4.17.